The molecule has 1 aromatic carbocycles. The van der Waals surface area contributed by atoms with Crippen LogP contribution in [0.15, 0.2) is 29.2 Å². The molecule has 6 heteroatoms. The fourth-order valence-electron chi connectivity index (χ4n) is 4.94. The lowest BCUT2D eigenvalue weighted by Gasteiger charge is -2.26. The van der Waals surface area contributed by atoms with Crippen molar-refractivity contribution in [1.29, 1.82) is 5.26 Å². The van der Waals surface area contributed by atoms with Gasteiger partial charge in [-0.1, -0.05) is 135 Å². The first-order chi connectivity index (χ1) is 19.2. The summed E-state index contributed by atoms with van der Waals surface area (Å²) in [6.07, 6.45) is 28.0. The van der Waals surface area contributed by atoms with Gasteiger partial charge in [-0.05, 0) is 43.4 Å². The first-order valence-corrected chi connectivity index (χ1v) is 17.9. The molecular formula is C34H63N2O3S+. The molecule has 0 amide bonds. The van der Waals surface area contributed by atoms with E-state index in [1.54, 1.807) is 12.1 Å². The number of unbranched alkanes of at least 4 members (excludes halogenated alkanes) is 18. The summed E-state index contributed by atoms with van der Waals surface area (Å²) in [7, 11) is 0.236. The lowest BCUT2D eigenvalue weighted by molar-refractivity contribution is -0.883. The number of aryl methyl sites for hydroxylation is 1. The van der Waals surface area contributed by atoms with E-state index in [2.05, 4.69) is 34.0 Å². The molecule has 1 aromatic rings. The summed E-state index contributed by atoms with van der Waals surface area (Å²) in [6.45, 7) is 6.30. The molecule has 0 fully saturated rings. The number of hydrogen-bond acceptors (Lipinski definition) is 3. The van der Waals surface area contributed by atoms with Gasteiger partial charge in [0.15, 0.2) is 6.54 Å². The van der Waals surface area contributed by atoms with Gasteiger partial charge >= 0.3 is 0 Å². The van der Waals surface area contributed by atoms with Gasteiger partial charge in [-0.25, -0.2) is 0 Å². The minimum atomic E-state index is -4.06. The predicted octanol–water partition coefficient (Wildman–Crippen LogP) is 9.90. The van der Waals surface area contributed by atoms with E-state index in [4.69, 9.17) is 9.81 Å². The molecule has 0 radical (unpaired) electrons. The average molecular weight is 580 g/mol. The highest BCUT2D eigenvalue weighted by Crippen LogP contribution is 2.15. The Labute approximate surface area is 249 Å². The third-order valence-corrected chi connectivity index (χ3v) is 8.52. The highest BCUT2D eigenvalue weighted by atomic mass is 32.2. The Morgan fingerprint density at radius 1 is 0.650 bits per heavy atom. The van der Waals surface area contributed by atoms with Crippen molar-refractivity contribution in [3.63, 3.8) is 0 Å². The molecule has 0 unspecified atom stereocenters. The van der Waals surface area contributed by atoms with Crippen LogP contribution < -0.4 is 0 Å². The van der Waals surface area contributed by atoms with E-state index in [0.29, 0.717) is 6.54 Å². The molecule has 0 spiro atoms. The fourth-order valence-corrected chi connectivity index (χ4v) is 5.42. The third kappa shape index (κ3) is 24.4. The van der Waals surface area contributed by atoms with Gasteiger partial charge in [-0.15, -0.1) is 0 Å². The quantitative estimate of drug-likeness (QED) is 0.0572. The molecule has 1 N–H and O–H groups in total. The van der Waals surface area contributed by atoms with Crippen LogP contribution in [0, 0.1) is 11.3 Å². The van der Waals surface area contributed by atoms with Gasteiger partial charge in [-0.2, -0.15) is 13.7 Å². The van der Waals surface area contributed by atoms with Crippen molar-refractivity contribution in [2.24, 2.45) is 0 Å². The minimum Gasteiger partial charge on any atom is -0.317 e. The molecular weight excluding hydrogens is 516 g/mol. The molecule has 0 aliphatic heterocycles. The van der Waals surface area contributed by atoms with Crippen molar-refractivity contribution in [1.82, 2.24) is 0 Å². The summed E-state index contributed by atoms with van der Waals surface area (Å²) in [5, 5.41) is 8.70. The van der Waals surface area contributed by atoms with Gasteiger partial charge in [0.25, 0.3) is 10.1 Å². The van der Waals surface area contributed by atoms with Crippen LogP contribution in [0.4, 0.5) is 0 Å². The molecule has 232 valence electrons. The molecule has 0 atom stereocenters. The van der Waals surface area contributed by atoms with Crippen LogP contribution in [-0.4, -0.2) is 44.6 Å². The SMILES string of the molecule is CCCCCCCCCCCC[N+](C)(C)CC#N.CCCCCCCCCCCCc1ccc(S(=O)(=O)O)cc1. The maximum Gasteiger partial charge on any atom is 0.294 e. The summed E-state index contributed by atoms with van der Waals surface area (Å²) >= 11 is 0. The first-order valence-electron chi connectivity index (χ1n) is 16.4. The van der Waals surface area contributed by atoms with Crippen LogP contribution in [0.25, 0.3) is 0 Å². The van der Waals surface area contributed by atoms with Crippen molar-refractivity contribution in [3.05, 3.63) is 29.8 Å². The zero-order chi connectivity index (χ0) is 30.0. The van der Waals surface area contributed by atoms with E-state index >= 15 is 0 Å². The van der Waals surface area contributed by atoms with Crippen molar-refractivity contribution in [2.75, 3.05) is 27.2 Å². The van der Waals surface area contributed by atoms with Crippen LogP contribution in [0.1, 0.15) is 148 Å². The van der Waals surface area contributed by atoms with E-state index in [-0.39, 0.29) is 4.90 Å². The van der Waals surface area contributed by atoms with Gasteiger partial charge < -0.3 is 4.48 Å². The number of quaternary nitrogens is 1. The largest absolute Gasteiger partial charge is 0.317 e. The molecule has 5 nitrogen and oxygen atoms in total. The Balaban J connectivity index is 0.000000778. The van der Waals surface area contributed by atoms with Crippen LogP contribution in [-0.2, 0) is 16.5 Å². The molecule has 0 saturated carbocycles. The minimum absolute atomic E-state index is 0.0284. The maximum atomic E-state index is 10.9. The Kier molecular flexibility index (Phi) is 24.4. The van der Waals surface area contributed by atoms with Gasteiger partial charge in [0, 0.05) is 0 Å². The summed E-state index contributed by atoms with van der Waals surface area (Å²) in [4.78, 5) is -0.0284. The summed E-state index contributed by atoms with van der Waals surface area (Å²) < 4.78 is 31.7. The van der Waals surface area contributed by atoms with E-state index in [1.165, 1.54) is 134 Å². The maximum absolute atomic E-state index is 10.9. The zero-order valence-electron chi connectivity index (χ0n) is 26.6. The second kappa shape index (κ2) is 25.3. The lowest BCUT2D eigenvalue weighted by Crippen LogP contribution is -2.40. The number of benzene rings is 1. The van der Waals surface area contributed by atoms with Gasteiger partial charge in [0.05, 0.1) is 25.5 Å². The average Bonchev–Trinajstić information content (AvgIpc) is 2.91. The first kappa shape index (κ1) is 38.6. The molecule has 0 aromatic heterocycles. The lowest BCUT2D eigenvalue weighted by atomic mass is 10.0. The monoisotopic (exact) mass is 579 g/mol. The Bertz CT molecular complexity index is 845. The van der Waals surface area contributed by atoms with Gasteiger partial charge in [-0.3, -0.25) is 4.55 Å². The van der Waals surface area contributed by atoms with Crippen LogP contribution >= 0.6 is 0 Å². The van der Waals surface area contributed by atoms with E-state index in [1.807, 2.05) is 0 Å². The standard InChI is InChI=1S/C18H30O3S.C16H33N2/c1-2-3-4-5-6-7-8-9-10-11-12-17-13-15-18(16-14-17)22(19,20)21;1-4-5-6-7-8-9-10-11-12-13-15-18(2,3)16-14-17/h13-16H,2-12H2,1H3,(H,19,20,21);4-13,15-16H2,1-3H3/q;+1. The van der Waals surface area contributed by atoms with E-state index < -0.39 is 10.1 Å². The van der Waals surface area contributed by atoms with Crippen molar-refractivity contribution in [3.8, 4) is 6.07 Å². The molecule has 1 rings (SSSR count). The number of rotatable bonds is 24. The second-order valence-corrected chi connectivity index (χ2v) is 13.6. The zero-order valence-corrected chi connectivity index (χ0v) is 27.5. The van der Waals surface area contributed by atoms with Crippen molar-refractivity contribution < 1.29 is 17.5 Å². The molecule has 0 heterocycles. The van der Waals surface area contributed by atoms with Crippen LogP contribution in [0.3, 0.4) is 0 Å². The van der Waals surface area contributed by atoms with Crippen LogP contribution in [0.2, 0.25) is 0 Å². The molecule has 40 heavy (non-hydrogen) atoms. The number of nitrogens with zero attached hydrogens (tertiary/aromatic N) is 2. The highest BCUT2D eigenvalue weighted by molar-refractivity contribution is 7.85. The summed E-state index contributed by atoms with van der Waals surface area (Å²) in [6, 6.07) is 8.79. The summed E-state index contributed by atoms with van der Waals surface area (Å²) in [5.41, 5.74) is 1.13. The van der Waals surface area contributed by atoms with Crippen LogP contribution in [0.5, 0.6) is 0 Å². The number of nitriles is 1. The van der Waals surface area contributed by atoms with E-state index in [0.717, 1.165) is 29.4 Å². The molecule has 0 saturated heterocycles. The Morgan fingerprint density at radius 2 is 1.02 bits per heavy atom. The number of hydrogen-bond donors (Lipinski definition) is 1. The molecule has 0 bridgehead atoms. The third-order valence-electron chi connectivity index (χ3n) is 7.66. The topological polar surface area (TPSA) is 78.2 Å². The van der Waals surface area contributed by atoms with Crippen molar-refractivity contribution in [2.45, 2.75) is 154 Å². The summed E-state index contributed by atoms with van der Waals surface area (Å²) in [5.74, 6) is 0. The van der Waals surface area contributed by atoms with Crippen molar-refractivity contribution >= 4 is 10.1 Å². The highest BCUT2D eigenvalue weighted by Gasteiger charge is 2.12. The normalized spacial score (nSPS) is 11.6. The predicted molar refractivity (Wildman–Crippen MR) is 171 cm³/mol. The Hall–Kier alpha value is -1.42. The van der Waals surface area contributed by atoms with Gasteiger partial charge in [0.1, 0.15) is 6.07 Å². The molecule has 0 aliphatic rings. The van der Waals surface area contributed by atoms with E-state index in [9.17, 15) is 8.42 Å². The Morgan fingerprint density at radius 3 is 1.40 bits per heavy atom. The molecule has 0 aliphatic carbocycles. The fraction of sp³-hybridized carbons (Fsp3) is 0.794. The second-order valence-electron chi connectivity index (χ2n) is 12.2. The smallest absolute Gasteiger partial charge is 0.294 e. The van der Waals surface area contributed by atoms with Gasteiger partial charge in [0.2, 0.25) is 0 Å².